The number of anilines is 1. The van der Waals surface area contributed by atoms with Crippen molar-refractivity contribution in [3.05, 3.63) is 71.0 Å². The minimum Gasteiger partial charge on any atom is -0.307 e. The van der Waals surface area contributed by atoms with Crippen LogP contribution in [0, 0.1) is 6.92 Å². The predicted molar refractivity (Wildman–Crippen MR) is 95.7 cm³/mol. The summed E-state index contributed by atoms with van der Waals surface area (Å²) in [6, 6.07) is 11.0. The van der Waals surface area contributed by atoms with Gasteiger partial charge in [-0.2, -0.15) is 5.10 Å². The molecule has 1 amide bonds. The first-order chi connectivity index (χ1) is 11.6. The van der Waals surface area contributed by atoms with Crippen LogP contribution in [-0.2, 0) is 4.79 Å². The maximum absolute atomic E-state index is 12.1. The lowest BCUT2D eigenvalue weighted by molar-refractivity contribution is -0.111. The van der Waals surface area contributed by atoms with E-state index in [0.29, 0.717) is 10.8 Å². The van der Waals surface area contributed by atoms with Crippen LogP contribution in [0.2, 0.25) is 5.02 Å². The molecule has 0 aliphatic heterocycles. The monoisotopic (exact) mass is 338 g/mol. The minimum absolute atomic E-state index is 0.247. The van der Waals surface area contributed by atoms with Crippen molar-refractivity contribution in [3.63, 3.8) is 0 Å². The van der Waals surface area contributed by atoms with Crippen LogP contribution in [0.4, 0.5) is 5.82 Å². The van der Waals surface area contributed by atoms with E-state index in [1.807, 2.05) is 31.2 Å². The van der Waals surface area contributed by atoms with Crippen LogP contribution in [-0.4, -0.2) is 21.1 Å². The average Bonchev–Trinajstić information content (AvgIpc) is 2.95. The number of nitrogens with one attached hydrogen (secondary N) is 2. The summed E-state index contributed by atoms with van der Waals surface area (Å²) in [7, 11) is 0. The number of pyridine rings is 1. The SMILES string of the molecule is Cc1c(-c2ccncc2)n[nH]c1NC(=O)C=Cc1cccc(Cl)c1. The van der Waals surface area contributed by atoms with Gasteiger partial charge in [-0.05, 0) is 42.8 Å². The molecule has 5 nitrogen and oxygen atoms in total. The fourth-order valence-corrected chi connectivity index (χ4v) is 2.46. The van der Waals surface area contributed by atoms with Gasteiger partial charge in [-0.1, -0.05) is 23.7 Å². The second kappa shape index (κ2) is 7.10. The zero-order chi connectivity index (χ0) is 16.9. The molecule has 3 rings (SSSR count). The van der Waals surface area contributed by atoms with E-state index in [9.17, 15) is 4.79 Å². The second-order valence-electron chi connectivity index (χ2n) is 5.19. The van der Waals surface area contributed by atoms with Gasteiger partial charge < -0.3 is 5.32 Å². The third-order valence-electron chi connectivity index (χ3n) is 3.49. The first-order valence-electron chi connectivity index (χ1n) is 7.33. The highest BCUT2D eigenvalue weighted by Gasteiger charge is 2.11. The molecule has 2 N–H and O–H groups in total. The Hall–Kier alpha value is -2.92. The van der Waals surface area contributed by atoms with E-state index in [2.05, 4.69) is 20.5 Å². The fourth-order valence-electron chi connectivity index (χ4n) is 2.26. The van der Waals surface area contributed by atoms with Crippen LogP contribution in [0.1, 0.15) is 11.1 Å². The summed E-state index contributed by atoms with van der Waals surface area (Å²) in [5, 5.41) is 10.5. The van der Waals surface area contributed by atoms with Crippen LogP contribution in [0.3, 0.4) is 0 Å². The molecule has 24 heavy (non-hydrogen) atoms. The largest absolute Gasteiger partial charge is 0.307 e. The summed E-state index contributed by atoms with van der Waals surface area (Å²) >= 11 is 5.92. The number of hydrogen-bond donors (Lipinski definition) is 2. The Morgan fingerprint density at radius 1 is 1.25 bits per heavy atom. The smallest absolute Gasteiger partial charge is 0.249 e. The van der Waals surface area contributed by atoms with Crippen molar-refractivity contribution in [2.75, 3.05) is 5.32 Å². The Balaban J connectivity index is 1.72. The molecular formula is C18H15ClN4O. The van der Waals surface area contributed by atoms with Gasteiger partial charge in [0.25, 0.3) is 0 Å². The van der Waals surface area contributed by atoms with E-state index in [-0.39, 0.29) is 5.91 Å². The van der Waals surface area contributed by atoms with Crippen LogP contribution in [0.15, 0.2) is 54.9 Å². The van der Waals surface area contributed by atoms with Crippen molar-refractivity contribution in [2.45, 2.75) is 6.92 Å². The van der Waals surface area contributed by atoms with Gasteiger partial charge in [-0.15, -0.1) is 0 Å². The van der Waals surface area contributed by atoms with E-state index in [4.69, 9.17) is 11.6 Å². The minimum atomic E-state index is -0.247. The van der Waals surface area contributed by atoms with Gasteiger partial charge in [0.1, 0.15) is 5.82 Å². The summed E-state index contributed by atoms with van der Waals surface area (Å²) in [6.07, 6.45) is 6.57. The maximum atomic E-state index is 12.1. The Bertz CT molecular complexity index is 887. The first-order valence-corrected chi connectivity index (χ1v) is 7.71. The number of hydrogen-bond acceptors (Lipinski definition) is 3. The Morgan fingerprint density at radius 3 is 2.79 bits per heavy atom. The average molecular weight is 339 g/mol. The van der Waals surface area contributed by atoms with Crippen LogP contribution < -0.4 is 5.32 Å². The quantitative estimate of drug-likeness (QED) is 0.704. The predicted octanol–water partition coefficient (Wildman–Crippen LogP) is 4.09. The third-order valence-corrected chi connectivity index (χ3v) is 3.72. The van der Waals surface area contributed by atoms with Crippen LogP contribution in [0.25, 0.3) is 17.3 Å². The topological polar surface area (TPSA) is 70.7 Å². The van der Waals surface area contributed by atoms with Crippen molar-refractivity contribution in [2.24, 2.45) is 0 Å². The number of amides is 1. The highest BCUT2D eigenvalue weighted by atomic mass is 35.5. The molecule has 1 aromatic carbocycles. The van der Waals surface area contributed by atoms with Gasteiger partial charge in [0, 0.05) is 34.6 Å². The Morgan fingerprint density at radius 2 is 2.04 bits per heavy atom. The number of carbonyl (C=O) groups excluding carboxylic acids is 1. The second-order valence-corrected chi connectivity index (χ2v) is 5.62. The van der Waals surface area contributed by atoms with E-state index in [0.717, 1.165) is 22.4 Å². The summed E-state index contributed by atoms with van der Waals surface area (Å²) in [6.45, 7) is 1.90. The molecule has 0 aliphatic rings. The van der Waals surface area contributed by atoms with Gasteiger partial charge in [0.2, 0.25) is 5.91 Å². The van der Waals surface area contributed by atoms with Crippen LogP contribution >= 0.6 is 11.6 Å². The summed E-state index contributed by atoms with van der Waals surface area (Å²) in [4.78, 5) is 16.1. The molecule has 0 spiro atoms. The van der Waals surface area contributed by atoms with Crippen molar-refractivity contribution >= 4 is 29.4 Å². The highest BCUT2D eigenvalue weighted by Crippen LogP contribution is 2.25. The molecule has 0 radical (unpaired) electrons. The number of aromatic nitrogens is 3. The van der Waals surface area contributed by atoms with Crippen molar-refractivity contribution < 1.29 is 4.79 Å². The van der Waals surface area contributed by atoms with E-state index >= 15 is 0 Å². The summed E-state index contributed by atoms with van der Waals surface area (Å²) in [5.74, 6) is 0.325. The molecule has 0 bridgehead atoms. The lowest BCUT2D eigenvalue weighted by atomic mass is 10.1. The van der Waals surface area contributed by atoms with Gasteiger partial charge in [0.05, 0.1) is 5.69 Å². The number of benzene rings is 1. The molecule has 6 heteroatoms. The molecule has 0 saturated carbocycles. The highest BCUT2D eigenvalue weighted by molar-refractivity contribution is 6.30. The molecule has 2 heterocycles. The van der Waals surface area contributed by atoms with Gasteiger partial charge in [-0.25, -0.2) is 0 Å². The standard InChI is InChI=1S/C18H15ClN4O/c1-12-17(14-7-9-20-10-8-14)22-23-18(12)21-16(24)6-5-13-3-2-4-15(19)11-13/h2-11H,1H3,(H2,21,22,23,24). The van der Waals surface area contributed by atoms with E-state index in [1.54, 1.807) is 30.6 Å². The molecule has 0 unspecified atom stereocenters. The van der Waals surface area contributed by atoms with Crippen molar-refractivity contribution in [3.8, 4) is 11.3 Å². The molecule has 0 fully saturated rings. The van der Waals surface area contributed by atoms with Gasteiger partial charge >= 0.3 is 0 Å². The summed E-state index contributed by atoms with van der Waals surface area (Å²) in [5.41, 5.74) is 3.45. The molecule has 120 valence electrons. The normalized spacial score (nSPS) is 10.9. The zero-order valence-electron chi connectivity index (χ0n) is 13.0. The number of halogens is 1. The zero-order valence-corrected chi connectivity index (χ0v) is 13.7. The molecule has 3 aromatic rings. The lowest BCUT2D eigenvalue weighted by Gasteiger charge is -2.01. The van der Waals surface area contributed by atoms with Gasteiger partial charge in [0.15, 0.2) is 0 Å². The molecule has 0 atom stereocenters. The Labute approximate surface area is 144 Å². The molecule has 2 aromatic heterocycles. The maximum Gasteiger partial charge on any atom is 0.249 e. The number of aromatic amines is 1. The third kappa shape index (κ3) is 3.70. The molecule has 0 saturated heterocycles. The number of carbonyl (C=O) groups is 1. The number of H-pyrrole nitrogens is 1. The Kier molecular flexibility index (Phi) is 4.72. The van der Waals surface area contributed by atoms with Gasteiger partial charge in [-0.3, -0.25) is 14.9 Å². The number of nitrogens with zero attached hydrogens (tertiary/aromatic N) is 2. The van der Waals surface area contributed by atoms with E-state index in [1.165, 1.54) is 6.08 Å². The van der Waals surface area contributed by atoms with Crippen molar-refractivity contribution in [1.29, 1.82) is 0 Å². The first kappa shape index (κ1) is 16.0. The molecule has 0 aliphatic carbocycles. The fraction of sp³-hybridized carbons (Fsp3) is 0.0556. The van der Waals surface area contributed by atoms with Crippen LogP contribution in [0.5, 0.6) is 0 Å². The van der Waals surface area contributed by atoms with Crippen molar-refractivity contribution in [1.82, 2.24) is 15.2 Å². The lowest BCUT2D eigenvalue weighted by Crippen LogP contribution is -2.09. The van der Waals surface area contributed by atoms with E-state index < -0.39 is 0 Å². The number of rotatable bonds is 4. The molecular weight excluding hydrogens is 324 g/mol. The summed E-state index contributed by atoms with van der Waals surface area (Å²) < 4.78 is 0.